The molecule has 0 aromatic heterocycles. The first-order valence-corrected chi connectivity index (χ1v) is 10.9. The molecule has 0 saturated carbocycles. The number of nitrogens with one attached hydrogen (secondary N) is 3. The highest BCUT2D eigenvalue weighted by molar-refractivity contribution is 14.0. The van der Waals surface area contributed by atoms with Gasteiger partial charge >= 0.3 is 0 Å². The third-order valence-electron chi connectivity index (χ3n) is 3.87. The summed E-state index contributed by atoms with van der Waals surface area (Å²) in [4.78, 5) is 4.47. The zero-order valence-corrected chi connectivity index (χ0v) is 19.8. The molecule has 1 aromatic rings. The quantitative estimate of drug-likeness (QED) is 0.183. The fourth-order valence-corrected chi connectivity index (χ4v) is 2.89. The minimum Gasteiger partial charge on any atom is -0.497 e. The number of hydrogen-bond acceptors (Lipinski definition) is 4. The Hall–Kier alpha value is -1.07. The Morgan fingerprint density at radius 3 is 2.41 bits per heavy atom. The molecule has 0 spiro atoms. The first-order chi connectivity index (χ1) is 12.4. The summed E-state index contributed by atoms with van der Waals surface area (Å²) in [5.41, 5.74) is 1.28. The molecule has 9 heteroatoms. The minimum atomic E-state index is -3.13. The molecule has 3 N–H and O–H groups in total. The van der Waals surface area contributed by atoms with Crippen LogP contribution >= 0.6 is 24.0 Å². The second kappa shape index (κ2) is 14.0. The number of guanidine groups is 1. The lowest BCUT2D eigenvalue weighted by molar-refractivity contribution is 0.414. The van der Waals surface area contributed by atoms with Gasteiger partial charge in [-0.15, -0.1) is 24.0 Å². The monoisotopic (exact) mass is 512 g/mol. The molecular formula is C18H33IN4O3S. The largest absolute Gasteiger partial charge is 0.497 e. The molecular weight excluding hydrogens is 479 g/mol. The Morgan fingerprint density at radius 1 is 1.19 bits per heavy atom. The van der Waals surface area contributed by atoms with E-state index in [0.29, 0.717) is 25.4 Å². The summed E-state index contributed by atoms with van der Waals surface area (Å²) in [5, 5.41) is 6.53. The van der Waals surface area contributed by atoms with Crippen LogP contribution in [-0.4, -0.2) is 53.9 Å². The van der Waals surface area contributed by atoms with Crippen molar-refractivity contribution in [1.82, 2.24) is 15.4 Å². The van der Waals surface area contributed by atoms with Crippen LogP contribution in [0, 0.1) is 0 Å². The summed E-state index contributed by atoms with van der Waals surface area (Å²) in [7, 11) is -1.46. The molecule has 0 aliphatic heterocycles. The Balaban J connectivity index is 0.00000676. The highest BCUT2D eigenvalue weighted by atomic mass is 127. The maximum Gasteiger partial charge on any atom is 0.208 e. The highest BCUT2D eigenvalue weighted by Crippen LogP contribution is 2.21. The fourth-order valence-electron chi connectivity index (χ4n) is 2.38. The van der Waals surface area contributed by atoms with Crippen LogP contribution in [0.25, 0.3) is 0 Å². The maximum absolute atomic E-state index is 11.0. The van der Waals surface area contributed by atoms with E-state index in [-0.39, 0.29) is 24.0 Å². The zero-order valence-electron chi connectivity index (χ0n) is 16.6. The van der Waals surface area contributed by atoms with Gasteiger partial charge in [0.2, 0.25) is 10.0 Å². The third kappa shape index (κ3) is 12.1. The minimum absolute atomic E-state index is 0. The van der Waals surface area contributed by atoms with Crippen LogP contribution in [0.1, 0.15) is 38.2 Å². The molecule has 1 atom stereocenters. The van der Waals surface area contributed by atoms with Crippen molar-refractivity contribution in [2.45, 2.75) is 32.6 Å². The Bertz CT molecular complexity index is 651. The van der Waals surface area contributed by atoms with Gasteiger partial charge in [-0.2, -0.15) is 0 Å². The number of methoxy groups -OCH3 is 1. The Labute approximate surface area is 180 Å². The summed E-state index contributed by atoms with van der Waals surface area (Å²) >= 11 is 0. The first kappa shape index (κ1) is 25.9. The average Bonchev–Trinajstić information content (AvgIpc) is 2.60. The Kier molecular flexibility index (Phi) is 13.4. The van der Waals surface area contributed by atoms with Gasteiger partial charge in [0.25, 0.3) is 0 Å². The number of sulfonamides is 1. The lowest BCUT2D eigenvalue weighted by Crippen LogP contribution is -2.38. The van der Waals surface area contributed by atoms with Crippen molar-refractivity contribution in [3.05, 3.63) is 29.8 Å². The molecule has 0 heterocycles. The predicted octanol–water partition coefficient (Wildman–Crippen LogP) is 2.30. The van der Waals surface area contributed by atoms with Crippen molar-refractivity contribution in [2.75, 3.05) is 39.5 Å². The highest BCUT2D eigenvalue weighted by Gasteiger charge is 2.06. The van der Waals surface area contributed by atoms with Gasteiger partial charge in [0.15, 0.2) is 5.96 Å². The number of aliphatic imine (C=N–C) groups is 1. The molecule has 0 aliphatic rings. The zero-order chi connectivity index (χ0) is 19.4. The number of halogens is 1. The normalized spacial score (nSPS) is 12.8. The summed E-state index contributed by atoms with van der Waals surface area (Å²) in [6.07, 6.45) is 2.80. The van der Waals surface area contributed by atoms with Gasteiger partial charge in [0.1, 0.15) is 5.75 Å². The number of ether oxygens (including phenoxy) is 1. The van der Waals surface area contributed by atoms with E-state index >= 15 is 0 Å². The van der Waals surface area contributed by atoms with Crippen LogP contribution in [0.15, 0.2) is 29.3 Å². The average molecular weight is 512 g/mol. The summed E-state index contributed by atoms with van der Waals surface area (Å²) in [5.74, 6) is 2.05. The SMILES string of the molecule is CCNC(=NCCCNS(C)(=O)=O)NCCC(C)c1ccc(OC)cc1.I. The van der Waals surface area contributed by atoms with E-state index in [2.05, 4.69) is 39.4 Å². The molecule has 7 nitrogen and oxygen atoms in total. The van der Waals surface area contributed by atoms with Gasteiger partial charge in [-0.25, -0.2) is 13.1 Å². The van der Waals surface area contributed by atoms with Gasteiger partial charge in [-0.05, 0) is 43.4 Å². The molecule has 0 bridgehead atoms. The van der Waals surface area contributed by atoms with Gasteiger partial charge in [-0.1, -0.05) is 19.1 Å². The fraction of sp³-hybridized carbons (Fsp3) is 0.611. The van der Waals surface area contributed by atoms with Gasteiger partial charge < -0.3 is 15.4 Å². The van der Waals surface area contributed by atoms with Crippen molar-refractivity contribution in [2.24, 2.45) is 4.99 Å². The van der Waals surface area contributed by atoms with E-state index < -0.39 is 10.0 Å². The summed E-state index contributed by atoms with van der Waals surface area (Å²) < 4.78 is 29.7. The molecule has 0 amide bonds. The van der Waals surface area contributed by atoms with Crippen molar-refractivity contribution in [1.29, 1.82) is 0 Å². The third-order valence-corrected chi connectivity index (χ3v) is 4.60. The van der Waals surface area contributed by atoms with Crippen LogP contribution in [-0.2, 0) is 10.0 Å². The molecule has 1 rings (SSSR count). The molecule has 156 valence electrons. The molecule has 0 saturated heterocycles. The van der Waals surface area contributed by atoms with Crippen LogP contribution in [0.4, 0.5) is 0 Å². The van der Waals surface area contributed by atoms with E-state index in [1.165, 1.54) is 5.56 Å². The lowest BCUT2D eigenvalue weighted by Gasteiger charge is -2.15. The molecule has 1 unspecified atom stereocenters. The van der Waals surface area contributed by atoms with Gasteiger partial charge in [0.05, 0.1) is 13.4 Å². The molecule has 0 aliphatic carbocycles. The number of nitrogens with zero attached hydrogens (tertiary/aromatic N) is 1. The van der Waals surface area contributed by atoms with Crippen LogP contribution in [0.2, 0.25) is 0 Å². The van der Waals surface area contributed by atoms with Crippen molar-refractivity contribution in [3.8, 4) is 5.75 Å². The number of hydrogen-bond donors (Lipinski definition) is 3. The molecule has 0 radical (unpaired) electrons. The van der Waals surface area contributed by atoms with Crippen LogP contribution in [0.3, 0.4) is 0 Å². The topological polar surface area (TPSA) is 91.8 Å². The van der Waals surface area contributed by atoms with Crippen molar-refractivity contribution in [3.63, 3.8) is 0 Å². The lowest BCUT2D eigenvalue weighted by atomic mass is 9.98. The van der Waals surface area contributed by atoms with Gasteiger partial charge in [-0.3, -0.25) is 4.99 Å². The second-order valence-corrected chi connectivity index (χ2v) is 8.00. The van der Waals surface area contributed by atoms with E-state index in [1.54, 1.807) is 7.11 Å². The van der Waals surface area contributed by atoms with Crippen molar-refractivity contribution >= 4 is 40.0 Å². The smallest absolute Gasteiger partial charge is 0.208 e. The van der Waals surface area contributed by atoms with Gasteiger partial charge in [0, 0.05) is 26.2 Å². The van der Waals surface area contributed by atoms with E-state index in [9.17, 15) is 8.42 Å². The molecule has 27 heavy (non-hydrogen) atoms. The summed E-state index contributed by atoms with van der Waals surface area (Å²) in [6, 6.07) is 8.15. The second-order valence-electron chi connectivity index (χ2n) is 6.17. The van der Waals surface area contributed by atoms with Crippen LogP contribution in [0.5, 0.6) is 5.75 Å². The van der Waals surface area contributed by atoms with E-state index in [4.69, 9.17) is 4.74 Å². The molecule has 1 aromatic carbocycles. The first-order valence-electron chi connectivity index (χ1n) is 8.96. The van der Waals surface area contributed by atoms with E-state index in [1.807, 2.05) is 19.1 Å². The van der Waals surface area contributed by atoms with Crippen molar-refractivity contribution < 1.29 is 13.2 Å². The maximum atomic E-state index is 11.0. The molecule has 0 fully saturated rings. The summed E-state index contributed by atoms with van der Waals surface area (Å²) in [6.45, 7) is 6.76. The number of rotatable bonds is 11. The predicted molar refractivity (Wildman–Crippen MR) is 123 cm³/mol. The Morgan fingerprint density at radius 2 is 1.85 bits per heavy atom. The number of benzene rings is 1. The standard InChI is InChI=1S/C18H32N4O3S.HI/c1-5-19-18(20-12-6-13-22-26(4,23)24)21-14-11-15(2)16-7-9-17(25-3)10-8-16;/h7-10,15,22H,5-6,11-14H2,1-4H3,(H2,19,20,21);1H. The van der Waals surface area contributed by atoms with E-state index in [0.717, 1.165) is 37.5 Å². The van der Waals surface area contributed by atoms with Crippen LogP contribution < -0.4 is 20.1 Å².